The number of carboxylic acids is 1. The summed E-state index contributed by atoms with van der Waals surface area (Å²) in [7, 11) is 0. The number of amides is 1. The summed E-state index contributed by atoms with van der Waals surface area (Å²) in [4.78, 5) is 32.4. The molecule has 0 bridgehead atoms. The molecule has 34 heavy (non-hydrogen) atoms. The summed E-state index contributed by atoms with van der Waals surface area (Å²) in [6.07, 6.45) is 7.77. The first-order valence-electron chi connectivity index (χ1n) is 10.1. The van der Waals surface area contributed by atoms with Crippen LogP contribution in [0.3, 0.4) is 0 Å². The van der Waals surface area contributed by atoms with Crippen molar-refractivity contribution in [1.29, 1.82) is 0 Å². The first-order chi connectivity index (χ1) is 15.9. The third kappa shape index (κ3) is 7.82. The Morgan fingerprint density at radius 3 is 2.26 bits per heavy atom. The van der Waals surface area contributed by atoms with Gasteiger partial charge in [0.2, 0.25) is 0 Å². The second-order valence-electron chi connectivity index (χ2n) is 7.00. The van der Waals surface area contributed by atoms with Gasteiger partial charge < -0.3 is 15.2 Å². The summed E-state index contributed by atoms with van der Waals surface area (Å²) in [5.41, 5.74) is 1.89. The van der Waals surface area contributed by atoms with Gasteiger partial charge in [-0.2, -0.15) is 0 Å². The predicted molar refractivity (Wildman–Crippen MR) is 134 cm³/mol. The molecule has 7 nitrogen and oxygen atoms in total. The molecule has 2 N–H and O–H groups in total. The van der Waals surface area contributed by atoms with Crippen molar-refractivity contribution in [1.82, 2.24) is 15.3 Å². The molecule has 0 saturated carbocycles. The first kappa shape index (κ1) is 27.8. The molecule has 0 aliphatic rings. The number of carbonyl (C=O) groups excluding carboxylic acids is 1. The van der Waals surface area contributed by atoms with Crippen LogP contribution in [0.25, 0.3) is 6.08 Å². The fourth-order valence-electron chi connectivity index (χ4n) is 2.84. The molecule has 172 valence electrons. The molecule has 1 unspecified atom stereocenters. The molecule has 0 fully saturated rings. The van der Waals surface area contributed by atoms with Crippen LogP contribution in [0, 0.1) is 0 Å². The van der Waals surface area contributed by atoms with Gasteiger partial charge in [0.15, 0.2) is 0 Å². The van der Waals surface area contributed by atoms with Crippen LogP contribution in [0.4, 0.5) is 0 Å². The van der Waals surface area contributed by atoms with Crippen molar-refractivity contribution in [3.8, 4) is 11.8 Å². The molecule has 0 saturated heterocycles. The number of halogens is 2. The van der Waals surface area contributed by atoms with E-state index in [0.29, 0.717) is 5.75 Å². The molecule has 1 amide bonds. The zero-order chi connectivity index (χ0) is 23.8. The van der Waals surface area contributed by atoms with Crippen LogP contribution in [0.1, 0.15) is 34.8 Å². The molecule has 0 spiro atoms. The number of nitrogens with one attached hydrogen (secondary N) is 1. The van der Waals surface area contributed by atoms with Gasteiger partial charge in [0.25, 0.3) is 5.91 Å². The minimum absolute atomic E-state index is 0. The van der Waals surface area contributed by atoms with Crippen molar-refractivity contribution < 1.29 is 19.4 Å². The number of hydrogen-bond acceptors (Lipinski definition) is 5. The van der Waals surface area contributed by atoms with E-state index in [1.165, 1.54) is 12.1 Å². The van der Waals surface area contributed by atoms with E-state index >= 15 is 0 Å². The van der Waals surface area contributed by atoms with Crippen LogP contribution in [0.15, 0.2) is 60.9 Å². The zero-order valence-corrected chi connectivity index (χ0v) is 19.2. The Morgan fingerprint density at radius 1 is 1.09 bits per heavy atom. The van der Waals surface area contributed by atoms with Crippen LogP contribution in [-0.4, -0.2) is 62.6 Å². The van der Waals surface area contributed by atoms with Gasteiger partial charge in [0.05, 0.1) is 15.6 Å². The number of rotatable bonds is 9. The molecule has 1 atom stereocenters. The van der Waals surface area contributed by atoms with Crippen LogP contribution in [0.5, 0.6) is 11.8 Å². The third-order valence-corrected chi connectivity index (χ3v) is 5.28. The maximum atomic E-state index is 12.5. The fourth-order valence-corrected chi connectivity index (χ4v) is 3.41. The SMILES string of the molecule is CCc1cnc(Oc2ccc(C=CCC(NC(=O)c3c(Cl)cccc3Cl)C(=O)O)cc2)nc1.[NaH]. The van der Waals surface area contributed by atoms with Crippen molar-refractivity contribution in [3.63, 3.8) is 0 Å². The third-order valence-electron chi connectivity index (χ3n) is 4.65. The Kier molecular flexibility index (Phi) is 11.0. The molecule has 2 aromatic carbocycles. The summed E-state index contributed by atoms with van der Waals surface area (Å²) < 4.78 is 5.62. The topological polar surface area (TPSA) is 101 Å². The summed E-state index contributed by atoms with van der Waals surface area (Å²) >= 11 is 12.0. The van der Waals surface area contributed by atoms with Gasteiger partial charge in [0, 0.05) is 12.4 Å². The van der Waals surface area contributed by atoms with Gasteiger partial charge in [-0.05, 0) is 48.2 Å². The van der Waals surface area contributed by atoms with Crippen LogP contribution in [0.2, 0.25) is 10.0 Å². The summed E-state index contributed by atoms with van der Waals surface area (Å²) in [6.45, 7) is 2.02. The summed E-state index contributed by atoms with van der Waals surface area (Å²) in [5, 5.41) is 12.2. The van der Waals surface area contributed by atoms with Crippen LogP contribution in [-0.2, 0) is 11.2 Å². The molecule has 1 heterocycles. The summed E-state index contributed by atoms with van der Waals surface area (Å²) in [5.74, 6) is -1.25. The first-order valence-corrected chi connectivity index (χ1v) is 10.9. The van der Waals surface area contributed by atoms with Gasteiger partial charge in [0.1, 0.15) is 11.8 Å². The van der Waals surface area contributed by atoms with E-state index < -0.39 is 17.9 Å². The van der Waals surface area contributed by atoms with E-state index in [0.717, 1.165) is 17.5 Å². The van der Waals surface area contributed by atoms with E-state index in [9.17, 15) is 14.7 Å². The molecule has 1 aromatic heterocycles. The quantitative estimate of drug-likeness (QED) is 0.402. The number of nitrogens with zero attached hydrogens (tertiary/aromatic N) is 2. The number of ether oxygens (including phenoxy) is 1. The van der Waals surface area contributed by atoms with Crippen LogP contribution >= 0.6 is 23.2 Å². The van der Waals surface area contributed by atoms with Crippen molar-refractivity contribution in [2.24, 2.45) is 0 Å². The molecule has 0 aliphatic heterocycles. The number of aryl methyl sites for hydroxylation is 1. The zero-order valence-electron chi connectivity index (χ0n) is 17.7. The Balaban J connectivity index is 0.00000408. The standard InChI is InChI=1S/C24H21Cl2N3O4.Na.H/c1-2-15-13-27-24(28-14-15)33-17-11-9-16(10-12-17)5-3-8-20(23(31)32)29-22(30)21-18(25)6-4-7-19(21)26;;/h3-7,9-14,20H,2,8H2,1H3,(H,29,30)(H,31,32);;. The fraction of sp³-hybridized carbons (Fsp3) is 0.167. The Labute approximate surface area is 229 Å². The number of aromatic nitrogens is 2. The van der Waals surface area contributed by atoms with E-state index in [4.69, 9.17) is 27.9 Å². The molecular weight excluding hydrogens is 488 g/mol. The molecule has 10 heteroatoms. The molecule has 0 radical (unpaired) electrons. The number of benzene rings is 2. The van der Waals surface area contributed by atoms with Gasteiger partial charge >= 0.3 is 41.5 Å². The predicted octanol–water partition coefficient (Wildman–Crippen LogP) is 4.78. The maximum absolute atomic E-state index is 12.5. The van der Waals surface area contributed by atoms with Gasteiger partial charge in [-0.25, -0.2) is 14.8 Å². The van der Waals surface area contributed by atoms with Gasteiger partial charge in [-0.3, -0.25) is 4.79 Å². The summed E-state index contributed by atoms with van der Waals surface area (Å²) in [6, 6.07) is 10.9. The monoisotopic (exact) mass is 509 g/mol. The minimum atomic E-state index is -1.17. The number of carboxylic acid groups (broad SMARTS) is 1. The van der Waals surface area contributed by atoms with Gasteiger partial charge in [-0.15, -0.1) is 0 Å². The molecule has 0 aliphatic carbocycles. The normalized spacial score (nSPS) is 11.5. The van der Waals surface area contributed by atoms with Crippen molar-refractivity contribution in [2.75, 3.05) is 0 Å². The van der Waals surface area contributed by atoms with E-state index in [1.54, 1.807) is 42.7 Å². The van der Waals surface area contributed by atoms with Crippen molar-refractivity contribution >= 4 is 70.7 Å². The Morgan fingerprint density at radius 2 is 1.71 bits per heavy atom. The Hall–Kier alpha value is -2.42. The Bertz CT molecular complexity index is 1140. The van der Waals surface area contributed by atoms with Gasteiger partial charge in [-0.1, -0.05) is 60.5 Å². The van der Waals surface area contributed by atoms with E-state index in [2.05, 4.69) is 15.3 Å². The van der Waals surface area contributed by atoms with Crippen LogP contribution < -0.4 is 10.1 Å². The van der Waals surface area contributed by atoms with Crippen molar-refractivity contribution in [3.05, 3.63) is 87.7 Å². The second-order valence-corrected chi connectivity index (χ2v) is 7.81. The van der Waals surface area contributed by atoms with Crippen molar-refractivity contribution in [2.45, 2.75) is 25.8 Å². The average Bonchev–Trinajstić information content (AvgIpc) is 2.80. The molecule has 3 rings (SSSR count). The molecular formula is C24H22Cl2N3NaO4. The second kappa shape index (κ2) is 13.5. The van der Waals surface area contributed by atoms with E-state index in [-0.39, 0.29) is 57.6 Å². The average molecular weight is 510 g/mol. The van der Waals surface area contributed by atoms with E-state index in [1.807, 2.05) is 19.1 Å². The number of aliphatic carboxylic acids is 1. The molecule has 3 aromatic rings. The number of hydrogen-bond donors (Lipinski definition) is 2. The number of carbonyl (C=O) groups is 2.